The van der Waals surface area contributed by atoms with Crippen LogP contribution < -0.4 is 5.73 Å². The molecular weight excluding hydrogens is 446 g/mol. The van der Waals surface area contributed by atoms with Crippen LogP contribution in [0.3, 0.4) is 0 Å². The summed E-state index contributed by atoms with van der Waals surface area (Å²) in [7, 11) is 0. The van der Waals surface area contributed by atoms with Crippen molar-refractivity contribution in [2.24, 2.45) is 5.73 Å². The summed E-state index contributed by atoms with van der Waals surface area (Å²) in [5.74, 6) is 0.490. The van der Waals surface area contributed by atoms with Crippen molar-refractivity contribution in [1.82, 2.24) is 19.6 Å². The third-order valence-corrected chi connectivity index (χ3v) is 7.77. The average molecular weight is 476 g/mol. The Morgan fingerprint density at radius 2 is 1.72 bits per heavy atom. The Hall–Kier alpha value is -3.61. The highest BCUT2D eigenvalue weighted by atomic mass is 16.3. The molecule has 0 bridgehead atoms. The molecule has 0 radical (unpaired) electrons. The lowest BCUT2D eigenvalue weighted by Gasteiger charge is -2.49. The second-order valence-electron chi connectivity index (χ2n) is 11.0. The molecule has 7 rings (SSSR count). The van der Waals surface area contributed by atoms with Crippen LogP contribution in [0.5, 0.6) is 0 Å². The Bertz CT molecular complexity index is 1620. The summed E-state index contributed by atoms with van der Waals surface area (Å²) in [6.07, 6.45) is 5.45. The molecule has 2 aromatic carbocycles. The summed E-state index contributed by atoms with van der Waals surface area (Å²) in [6, 6.07) is 21.0. The molecule has 0 amide bonds. The number of aliphatic hydroxyl groups is 1. The first kappa shape index (κ1) is 21.7. The van der Waals surface area contributed by atoms with E-state index in [-0.39, 0.29) is 0 Å². The third kappa shape index (κ3) is 3.36. The standard InChI is InChI=1S/C30H29N5O/c1-18-14-24-32-15-23-25(20-8-9-20)26(19-6-4-3-5-7-19)27(33-28(23)35(24)34-18)21-10-12-22(13-11-21)30(31)16-29(2,36)17-30/h3-7,10-15,20,36H,8-9,16-17,31H2,1-2H3/t29-,30-. The minimum atomic E-state index is -0.686. The van der Waals surface area contributed by atoms with Crippen LogP contribution >= 0.6 is 0 Å². The summed E-state index contributed by atoms with van der Waals surface area (Å²) >= 11 is 0. The predicted molar refractivity (Wildman–Crippen MR) is 142 cm³/mol. The van der Waals surface area contributed by atoms with Crippen LogP contribution in [0.2, 0.25) is 0 Å². The SMILES string of the molecule is Cc1cc2ncc3c(C4CC4)c(-c4ccccc4)c(-c4ccc([C@]5(N)C[C@](C)(O)C5)cc4)nc3n2n1. The van der Waals surface area contributed by atoms with Crippen molar-refractivity contribution in [1.29, 1.82) is 0 Å². The summed E-state index contributed by atoms with van der Waals surface area (Å²) in [6.45, 7) is 3.84. The normalized spacial score (nSPS) is 23.8. The number of rotatable bonds is 4. The van der Waals surface area contributed by atoms with E-state index >= 15 is 0 Å². The van der Waals surface area contributed by atoms with Crippen LogP contribution in [-0.4, -0.2) is 30.3 Å². The highest BCUT2D eigenvalue weighted by Crippen LogP contribution is 2.50. The lowest BCUT2D eigenvalue weighted by Crippen LogP contribution is -2.58. The van der Waals surface area contributed by atoms with E-state index < -0.39 is 11.1 Å². The van der Waals surface area contributed by atoms with E-state index in [1.807, 2.05) is 30.6 Å². The van der Waals surface area contributed by atoms with E-state index in [0.29, 0.717) is 18.8 Å². The molecule has 180 valence electrons. The Balaban J connectivity index is 1.48. The first-order valence-corrected chi connectivity index (χ1v) is 12.7. The maximum absolute atomic E-state index is 10.3. The number of aromatic nitrogens is 4. The van der Waals surface area contributed by atoms with Gasteiger partial charge in [0.05, 0.1) is 17.0 Å². The molecule has 2 aliphatic carbocycles. The van der Waals surface area contributed by atoms with E-state index in [4.69, 9.17) is 20.8 Å². The Labute approximate surface area is 209 Å². The van der Waals surface area contributed by atoms with Crippen molar-refractivity contribution >= 4 is 16.7 Å². The minimum Gasteiger partial charge on any atom is -0.390 e. The number of aryl methyl sites for hydroxylation is 1. The maximum Gasteiger partial charge on any atom is 0.165 e. The van der Waals surface area contributed by atoms with Gasteiger partial charge in [0.1, 0.15) is 0 Å². The molecule has 0 unspecified atom stereocenters. The molecule has 3 aromatic heterocycles. The largest absolute Gasteiger partial charge is 0.390 e. The van der Waals surface area contributed by atoms with Gasteiger partial charge in [0.2, 0.25) is 0 Å². The molecule has 6 heteroatoms. The van der Waals surface area contributed by atoms with Crippen LogP contribution in [0, 0.1) is 6.92 Å². The number of hydrogen-bond acceptors (Lipinski definition) is 5. The molecule has 0 aliphatic heterocycles. The molecule has 3 heterocycles. The first-order chi connectivity index (χ1) is 17.3. The number of nitrogens with zero attached hydrogens (tertiary/aromatic N) is 4. The van der Waals surface area contributed by atoms with Gasteiger partial charge in [0.15, 0.2) is 11.3 Å². The van der Waals surface area contributed by atoms with Crippen LogP contribution in [0.4, 0.5) is 0 Å². The monoisotopic (exact) mass is 475 g/mol. The topological polar surface area (TPSA) is 89.3 Å². The lowest BCUT2D eigenvalue weighted by molar-refractivity contribution is -0.0738. The Morgan fingerprint density at radius 3 is 2.39 bits per heavy atom. The number of pyridine rings is 1. The summed E-state index contributed by atoms with van der Waals surface area (Å²) in [5.41, 5.74) is 14.7. The molecule has 6 nitrogen and oxygen atoms in total. The maximum atomic E-state index is 10.3. The zero-order valence-electron chi connectivity index (χ0n) is 20.6. The van der Waals surface area contributed by atoms with Gasteiger partial charge in [0, 0.05) is 34.3 Å². The van der Waals surface area contributed by atoms with Gasteiger partial charge in [-0.25, -0.2) is 9.97 Å². The van der Waals surface area contributed by atoms with Crippen molar-refractivity contribution in [3.63, 3.8) is 0 Å². The molecule has 2 aliphatic rings. The Kier molecular flexibility index (Phi) is 4.48. The minimum absolute atomic E-state index is 0.481. The lowest BCUT2D eigenvalue weighted by atomic mass is 9.63. The second kappa shape index (κ2) is 7.45. The van der Waals surface area contributed by atoms with Crippen LogP contribution in [0.1, 0.15) is 55.3 Å². The second-order valence-corrected chi connectivity index (χ2v) is 11.0. The highest BCUT2D eigenvalue weighted by molar-refractivity contribution is 5.95. The predicted octanol–water partition coefficient (Wildman–Crippen LogP) is 5.50. The number of benzene rings is 2. The van der Waals surface area contributed by atoms with Crippen molar-refractivity contribution in [3.8, 4) is 22.4 Å². The smallest absolute Gasteiger partial charge is 0.165 e. The van der Waals surface area contributed by atoms with Gasteiger partial charge in [-0.3, -0.25) is 0 Å². The van der Waals surface area contributed by atoms with Crippen molar-refractivity contribution in [3.05, 3.63) is 83.7 Å². The van der Waals surface area contributed by atoms with E-state index in [0.717, 1.165) is 44.8 Å². The van der Waals surface area contributed by atoms with Crippen molar-refractivity contribution in [2.75, 3.05) is 0 Å². The van der Waals surface area contributed by atoms with Gasteiger partial charge in [-0.2, -0.15) is 9.61 Å². The van der Waals surface area contributed by atoms with Gasteiger partial charge in [-0.1, -0.05) is 54.6 Å². The molecule has 2 saturated carbocycles. The van der Waals surface area contributed by atoms with Gasteiger partial charge in [-0.05, 0) is 62.1 Å². The fourth-order valence-electron chi connectivity index (χ4n) is 6.13. The first-order valence-electron chi connectivity index (χ1n) is 12.7. The van der Waals surface area contributed by atoms with Crippen molar-refractivity contribution < 1.29 is 5.11 Å². The Morgan fingerprint density at radius 1 is 1.00 bits per heavy atom. The average Bonchev–Trinajstić information content (AvgIpc) is 3.62. The van der Waals surface area contributed by atoms with Crippen molar-refractivity contribution in [2.45, 2.75) is 56.6 Å². The number of nitrogens with two attached hydrogens (primary N) is 1. The number of fused-ring (bicyclic) bond motifs is 3. The van der Waals surface area contributed by atoms with Gasteiger partial charge in [0.25, 0.3) is 0 Å². The molecule has 36 heavy (non-hydrogen) atoms. The summed E-state index contributed by atoms with van der Waals surface area (Å²) in [4.78, 5) is 10.0. The van der Waals surface area contributed by atoms with Gasteiger partial charge >= 0.3 is 0 Å². The third-order valence-electron chi connectivity index (χ3n) is 7.77. The zero-order chi connectivity index (χ0) is 24.7. The van der Waals surface area contributed by atoms with Gasteiger partial charge in [-0.15, -0.1) is 0 Å². The molecule has 0 saturated heterocycles. The van der Waals surface area contributed by atoms with Crippen LogP contribution in [0.25, 0.3) is 39.1 Å². The molecule has 0 atom stereocenters. The summed E-state index contributed by atoms with van der Waals surface area (Å²) in [5, 5.41) is 16.1. The van der Waals surface area contributed by atoms with Crippen LogP contribution in [0.15, 0.2) is 66.9 Å². The molecule has 0 spiro atoms. The zero-order valence-corrected chi connectivity index (χ0v) is 20.6. The quantitative estimate of drug-likeness (QED) is 0.358. The van der Waals surface area contributed by atoms with E-state index in [9.17, 15) is 5.11 Å². The van der Waals surface area contributed by atoms with Crippen LogP contribution in [-0.2, 0) is 5.54 Å². The fourth-order valence-corrected chi connectivity index (χ4v) is 6.13. The fraction of sp³-hybridized carbons (Fsp3) is 0.300. The highest BCUT2D eigenvalue weighted by Gasteiger charge is 2.49. The molecule has 3 N–H and O–H groups in total. The molecule has 5 aromatic rings. The van der Waals surface area contributed by atoms with Gasteiger partial charge < -0.3 is 10.8 Å². The van der Waals surface area contributed by atoms with E-state index in [2.05, 4.69) is 54.6 Å². The summed E-state index contributed by atoms with van der Waals surface area (Å²) < 4.78 is 1.88. The van der Waals surface area contributed by atoms with E-state index in [1.165, 1.54) is 24.0 Å². The molecule has 2 fully saturated rings. The number of hydrogen-bond donors (Lipinski definition) is 2. The molecular formula is C30H29N5O. The van der Waals surface area contributed by atoms with E-state index in [1.54, 1.807) is 0 Å².